The van der Waals surface area contributed by atoms with Crippen LogP contribution in [-0.4, -0.2) is 38.1 Å². The van der Waals surface area contributed by atoms with Crippen LogP contribution in [0.4, 0.5) is 0 Å². The number of nitrogens with one attached hydrogen (secondary N) is 1. The summed E-state index contributed by atoms with van der Waals surface area (Å²) in [5.41, 5.74) is 0. The fraction of sp³-hybridized carbons (Fsp3) is 0.531. The zero-order valence-corrected chi connectivity index (χ0v) is 24.7. The normalized spacial score (nSPS) is 14.0. The summed E-state index contributed by atoms with van der Waals surface area (Å²) < 4.78 is 6.99. The van der Waals surface area contributed by atoms with E-state index in [4.69, 9.17) is 4.43 Å². The number of carbonyl (C=O) groups excluding carboxylic acids is 1. The minimum Gasteiger partial charge on any atom is -0.405 e. The Kier molecular flexibility index (Phi) is 13.3. The highest BCUT2D eigenvalue weighted by atomic mass is 28.4. The van der Waals surface area contributed by atoms with Crippen LogP contribution in [0.2, 0.25) is 5.04 Å². The highest BCUT2D eigenvalue weighted by molar-refractivity contribution is 6.99. The molecule has 4 nitrogen and oxygen atoms in total. The minimum atomic E-state index is -2.75. The number of benzene rings is 2. The lowest BCUT2D eigenvalue weighted by Crippen LogP contribution is -2.67. The summed E-state index contributed by atoms with van der Waals surface area (Å²) in [6.45, 7) is 10.7. The second-order valence-electron chi connectivity index (χ2n) is 11.1. The van der Waals surface area contributed by atoms with E-state index in [1.165, 1.54) is 43.0 Å². The average Bonchev–Trinajstić information content (AvgIpc) is 2.87. The second-order valence-corrected chi connectivity index (χ2v) is 15.4. The van der Waals surface area contributed by atoms with Crippen LogP contribution in [0, 0.1) is 0 Å². The second kappa shape index (κ2) is 15.9. The molecule has 2 rings (SSSR count). The van der Waals surface area contributed by atoms with Gasteiger partial charge in [0, 0.05) is 6.92 Å². The molecule has 0 aliphatic carbocycles. The van der Waals surface area contributed by atoms with Crippen LogP contribution < -0.4 is 15.7 Å². The largest absolute Gasteiger partial charge is 0.405 e. The van der Waals surface area contributed by atoms with Gasteiger partial charge in [0.1, 0.15) is 0 Å². The van der Waals surface area contributed by atoms with Crippen LogP contribution >= 0.6 is 0 Å². The molecule has 0 aliphatic rings. The van der Waals surface area contributed by atoms with E-state index in [2.05, 4.69) is 93.7 Å². The molecular weight excluding hydrogens is 474 g/mol. The van der Waals surface area contributed by atoms with E-state index in [1.54, 1.807) is 0 Å². The predicted octanol–water partition coefficient (Wildman–Crippen LogP) is 6.13. The van der Waals surface area contributed by atoms with Gasteiger partial charge in [-0.15, -0.1) is 0 Å². The van der Waals surface area contributed by atoms with Crippen molar-refractivity contribution in [2.75, 3.05) is 6.61 Å². The summed E-state index contributed by atoms with van der Waals surface area (Å²) in [7, 11) is -2.75. The lowest BCUT2D eigenvalue weighted by atomic mass is 10.0. The van der Waals surface area contributed by atoms with Crippen molar-refractivity contribution in [3.05, 3.63) is 72.8 Å². The molecule has 37 heavy (non-hydrogen) atoms. The number of aliphatic hydroxyl groups excluding tert-OH is 1. The summed E-state index contributed by atoms with van der Waals surface area (Å²) in [6, 6.07) is 20.5. The van der Waals surface area contributed by atoms with Gasteiger partial charge in [0.2, 0.25) is 5.91 Å². The average molecular weight is 524 g/mol. The maximum atomic E-state index is 12.1. The zero-order valence-electron chi connectivity index (χ0n) is 23.7. The van der Waals surface area contributed by atoms with Gasteiger partial charge < -0.3 is 14.8 Å². The fourth-order valence-electron chi connectivity index (χ4n) is 5.06. The molecule has 0 fully saturated rings. The van der Waals surface area contributed by atoms with Crippen LogP contribution in [-0.2, 0) is 9.22 Å². The van der Waals surface area contributed by atoms with E-state index in [9.17, 15) is 9.90 Å². The van der Waals surface area contributed by atoms with Gasteiger partial charge in [-0.3, -0.25) is 4.79 Å². The Labute approximate surface area is 226 Å². The van der Waals surface area contributed by atoms with E-state index in [0.717, 1.165) is 19.3 Å². The maximum Gasteiger partial charge on any atom is 0.261 e. The molecule has 0 aromatic heterocycles. The minimum absolute atomic E-state index is 0.151. The molecule has 0 saturated carbocycles. The Morgan fingerprint density at radius 1 is 0.919 bits per heavy atom. The Morgan fingerprint density at radius 2 is 1.46 bits per heavy atom. The molecule has 2 N–H and O–H groups in total. The molecule has 0 radical (unpaired) electrons. The lowest BCUT2D eigenvalue weighted by Gasteiger charge is -2.44. The third-order valence-corrected chi connectivity index (χ3v) is 12.0. The van der Waals surface area contributed by atoms with Crippen LogP contribution in [0.3, 0.4) is 0 Å². The van der Waals surface area contributed by atoms with Crippen molar-refractivity contribution in [2.45, 2.75) is 103 Å². The third kappa shape index (κ3) is 9.55. The summed E-state index contributed by atoms with van der Waals surface area (Å²) in [6.07, 6.45) is 12.5. The molecule has 0 saturated heterocycles. The molecule has 2 aromatic carbocycles. The molecule has 0 bridgehead atoms. The third-order valence-electron chi connectivity index (χ3n) is 7.01. The Bertz CT molecular complexity index is 885. The van der Waals surface area contributed by atoms with Gasteiger partial charge in [-0.1, -0.05) is 120 Å². The Hall–Kier alpha value is -2.21. The first-order chi connectivity index (χ1) is 17.7. The van der Waals surface area contributed by atoms with Gasteiger partial charge in [-0.05, 0) is 47.5 Å². The molecule has 2 atom stereocenters. The number of unbranched alkanes of at least 4 members (excludes halogenated alkanes) is 5. The summed E-state index contributed by atoms with van der Waals surface area (Å²) in [4.78, 5) is 12.1. The van der Waals surface area contributed by atoms with Gasteiger partial charge in [0.25, 0.3) is 8.32 Å². The topological polar surface area (TPSA) is 58.6 Å². The number of allylic oxidation sites excluding steroid dienone is 2. The summed E-state index contributed by atoms with van der Waals surface area (Å²) in [5.74, 6) is -0.151. The molecule has 0 unspecified atom stereocenters. The number of rotatable bonds is 16. The SMILES string of the molecule is CCCCCC/C=C\CCC[C@@H](O)[C@@H](CO[Si](c1ccccc1)(c1ccccc1)C(C)(C)C)NC(C)=O. The molecule has 0 spiro atoms. The van der Waals surface area contributed by atoms with E-state index in [0.29, 0.717) is 6.42 Å². The molecule has 5 heteroatoms. The van der Waals surface area contributed by atoms with Crippen molar-refractivity contribution in [3.8, 4) is 0 Å². The van der Waals surface area contributed by atoms with Gasteiger partial charge in [-0.2, -0.15) is 0 Å². The van der Waals surface area contributed by atoms with E-state index in [-0.39, 0.29) is 17.6 Å². The molecule has 0 heterocycles. The molecule has 2 aromatic rings. The van der Waals surface area contributed by atoms with Crippen molar-refractivity contribution in [1.82, 2.24) is 5.32 Å². The Morgan fingerprint density at radius 3 is 1.95 bits per heavy atom. The first-order valence-electron chi connectivity index (χ1n) is 14.1. The van der Waals surface area contributed by atoms with Gasteiger partial charge >= 0.3 is 0 Å². The number of carbonyl (C=O) groups is 1. The van der Waals surface area contributed by atoms with Crippen molar-refractivity contribution in [3.63, 3.8) is 0 Å². The standard InChI is InChI=1S/C32H49NO3Si/c1-6-7-8-9-10-11-12-13-20-25-31(35)30(33-27(2)34)26-36-37(32(3,4)5,28-21-16-14-17-22-28)29-23-18-15-19-24-29/h11-12,14-19,21-24,30-31,35H,6-10,13,20,25-26H2,1-5H3,(H,33,34)/b12-11-/t30-,31-/m1/s1. The van der Waals surface area contributed by atoms with E-state index >= 15 is 0 Å². The highest BCUT2D eigenvalue weighted by Crippen LogP contribution is 2.37. The van der Waals surface area contributed by atoms with Crippen molar-refractivity contribution in [1.29, 1.82) is 0 Å². The predicted molar refractivity (Wildman–Crippen MR) is 159 cm³/mol. The highest BCUT2D eigenvalue weighted by Gasteiger charge is 2.50. The number of aliphatic hydroxyl groups is 1. The van der Waals surface area contributed by atoms with Crippen LogP contribution in [0.1, 0.15) is 86.0 Å². The van der Waals surface area contributed by atoms with Crippen molar-refractivity contribution in [2.24, 2.45) is 0 Å². The maximum absolute atomic E-state index is 12.1. The van der Waals surface area contributed by atoms with Gasteiger partial charge in [0.15, 0.2) is 0 Å². The van der Waals surface area contributed by atoms with Crippen LogP contribution in [0.25, 0.3) is 0 Å². The van der Waals surface area contributed by atoms with Crippen LogP contribution in [0.5, 0.6) is 0 Å². The number of hydrogen-bond acceptors (Lipinski definition) is 3. The zero-order chi connectivity index (χ0) is 27.2. The quantitative estimate of drug-likeness (QED) is 0.158. The molecule has 1 amide bonds. The monoisotopic (exact) mass is 523 g/mol. The summed E-state index contributed by atoms with van der Waals surface area (Å²) >= 11 is 0. The number of amides is 1. The van der Waals surface area contributed by atoms with E-state index < -0.39 is 20.5 Å². The number of hydrogen-bond donors (Lipinski definition) is 2. The lowest BCUT2D eigenvalue weighted by molar-refractivity contribution is -0.121. The van der Waals surface area contributed by atoms with Gasteiger partial charge in [-0.25, -0.2) is 0 Å². The van der Waals surface area contributed by atoms with Crippen molar-refractivity contribution >= 4 is 24.6 Å². The van der Waals surface area contributed by atoms with Gasteiger partial charge in [0.05, 0.1) is 18.8 Å². The van der Waals surface area contributed by atoms with Crippen molar-refractivity contribution < 1.29 is 14.3 Å². The fourth-order valence-corrected chi connectivity index (χ4v) is 9.64. The first kappa shape index (κ1) is 31.0. The smallest absolute Gasteiger partial charge is 0.261 e. The van der Waals surface area contributed by atoms with Crippen LogP contribution in [0.15, 0.2) is 72.8 Å². The molecule has 204 valence electrons. The summed E-state index contributed by atoms with van der Waals surface area (Å²) in [5, 5.41) is 16.3. The first-order valence-corrected chi connectivity index (χ1v) is 16.0. The molecular formula is C32H49NO3Si. The molecule has 0 aliphatic heterocycles. The van der Waals surface area contributed by atoms with E-state index in [1.807, 2.05) is 12.1 Å². The Balaban J connectivity index is 2.15.